The van der Waals surface area contributed by atoms with E-state index in [0.29, 0.717) is 0 Å². The first-order valence-corrected chi connectivity index (χ1v) is 6.11. The largest absolute Gasteiger partial charge is 0.394 e. The van der Waals surface area contributed by atoms with Crippen molar-refractivity contribution in [3.63, 3.8) is 0 Å². The molecule has 0 aromatic carbocycles. The summed E-state index contributed by atoms with van der Waals surface area (Å²) < 4.78 is 23.4. The number of halogens is 1. The van der Waals surface area contributed by atoms with Crippen molar-refractivity contribution in [3.05, 3.63) is 24.1 Å². The zero-order valence-corrected chi connectivity index (χ0v) is 10.8. The smallest absolute Gasteiger partial charge is 0.214 e. The molecule has 1 aromatic heterocycles. The normalized spacial score (nSPS) is 34.0. The molecule has 0 spiro atoms. The quantitative estimate of drug-likeness (QED) is 0.532. The summed E-state index contributed by atoms with van der Waals surface area (Å²) in [5.74, 6) is -0.502. The second kappa shape index (κ2) is 6.42. The van der Waals surface area contributed by atoms with Crippen molar-refractivity contribution in [1.82, 2.24) is 4.98 Å². The third kappa shape index (κ3) is 3.05. The molecular formula is C12H17FN2O5. The van der Waals surface area contributed by atoms with E-state index in [-0.39, 0.29) is 5.82 Å². The Hall–Kier alpha value is -1.32. The number of nitrogens with zero attached hydrogens (tertiary/aromatic N) is 1. The van der Waals surface area contributed by atoms with Crippen LogP contribution in [0.5, 0.6) is 0 Å². The van der Waals surface area contributed by atoms with Gasteiger partial charge in [-0.1, -0.05) is 6.07 Å². The molecule has 112 valence electrons. The molecule has 0 unspecified atom stereocenters. The van der Waals surface area contributed by atoms with Crippen LogP contribution in [0.4, 0.5) is 10.2 Å². The average Bonchev–Trinajstić information content (AvgIpc) is 2.44. The second-order valence-corrected chi connectivity index (χ2v) is 4.46. The van der Waals surface area contributed by atoms with Crippen LogP contribution < -0.4 is 5.32 Å². The van der Waals surface area contributed by atoms with E-state index < -0.39 is 43.2 Å². The molecule has 2 rings (SSSR count). The molecule has 4 N–H and O–H groups in total. The number of hydrogen-bond donors (Lipinski definition) is 4. The second-order valence-electron chi connectivity index (χ2n) is 4.46. The molecule has 1 aliphatic rings. The van der Waals surface area contributed by atoms with E-state index in [2.05, 4.69) is 10.3 Å². The Kier molecular flexibility index (Phi) is 4.84. The van der Waals surface area contributed by atoms with Crippen molar-refractivity contribution >= 4 is 5.82 Å². The van der Waals surface area contributed by atoms with Gasteiger partial charge in [0.05, 0.1) is 6.61 Å². The Bertz CT molecular complexity index is 448. The Labute approximate surface area is 115 Å². The molecule has 7 nitrogen and oxygen atoms in total. The molecule has 0 amide bonds. The van der Waals surface area contributed by atoms with Crippen molar-refractivity contribution in [1.29, 1.82) is 0 Å². The van der Waals surface area contributed by atoms with E-state index in [1.807, 2.05) is 0 Å². The van der Waals surface area contributed by atoms with Crippen molar-refractivity contribution in [2.45, 2.75) is 30.6 Å². The van der Waals surface area contributed by atoms with E-state index in [0.717, 1.165) is 0 Å². The van der Waals surface area contributed by atoms with Crippen LogP contribution in [0.25, 0.3) is 0 Å². The molecule has 5 atom stereocenters. The molecule has 1 aromatic rings. The molecule has 8 heteroatoms. The highest BCUT2D eigenvalue weighted by Gasteiger charge is 2.44. The van der Waals surface area contributed by atoms with Crippen molar-refractivity contribution < 1.29 is 29.2 Å². The van der Waals surface area contributed by atoms with Gasteiger partial charge < -0.3 is 30.1 Å². The summed E-state index contributed by atoms with van der Waals surface area (Å²) in [5, 5.41) is 31.7. The van der Waals surface area contributed by atoms with Gasteiger partial charge >= 0.3 is 0 Å². The van der Waals surface area contributed by atoms with E-state index in [1.165, 1.54) is 25.3 Å². The van der Waals surface area contributed by atoms with Crippen molar-refractivity contribution in [2.24, 2.45) is 0 Å². The number of hydrogen-bond acceptors (Lipinski definition) is 7. The molecule has 0 radical (unpaired) electrons. The Morgan fingerprint density at radius 1 is 1.40 bits per heavy atom. The minimum atomic E-state index is -1.29. The number of anilines is 1. The lowest BCUT2D eigenvalue weighted by Gasteiger charge is -2.41. The predicted octanol–water partition coefficient (Wildman–Crippen LogP) is -0.913. The molecule has 2 heterocycles. The molecule has 1 fully saturated rings. The van der Waals surface area contributed by atoms with Crippen LogP contribution in [0.3, 0.4) is 0 Å². The molecule has 0 aliphatic carbocycles. The van der Waals surface area contributed by atoms with Gasteiger partial charge in [0.15, 0.2) is 6.29 Å². The van der Waals surface area contributed by atoms with Crippen LogP contribution in [0, 0.1) is 5.95 Å². The number of nitrogens with one attached hydrogen (secondary N) is 1. The maximum Gasteiger partial charge on any atom is 0.214 e. The fourth-order valence-electron chi connectivity index (χ4n) is 2.10. The van der Waals surface area contributed by atoms with E-state index >= 15 is 0 Å². The maximum absolute atomic E-state index is 13.0. The monoisotopic (exact) mass is 288 g/mol. The Morgan fingerprint density at radius 2 is 2.15 bits per heavy atom. The standard InChI is InChI=1S/C12H17FN2O5/c1-19-12-9(11(18)10(17)6(5-16)20-12)15-8-4-2-3-7(13)14-8/h2-4,6,9-12,16-18H,5H2,1H3,(H,14,15)/t6-,9-,10+,11-,12+/m1/s1. The highest BCUT2D eigenvalue weighted by molar-refractivity contribution is 5.36. The summed E-state index contributed by atoms with van der Waals surface area (Å²) in [5.41, 5.74) is 0. The molecular weight excluding hydrogens is 271 g/mol. The number of rotatable bonds is 4. The van der Waals surface area contributed by atoms with Crippen LogP contribution in [-0.2, 0) is 9.47 Å². The number of ether oxygens (including phenoxy) is 2. The van der Waals surface area contributed by atoms with Gasteiger partial charge in [0.25, 0.3) is 0 Å². The van der Waals surface area contributed by atoms with Crippen molar-refractivity contribution in [2.75, 3.05) is 19.0 Å². The van der Waals surface area contributed by atoms with E-state index in [9.17, 15) is 14.6 Å². The minimum absolute atomic E-state index is 0.175. The number of methoxy groups -OCH3 is 1. The number of pyridine rings is 1. The summed E-state index contributed by atoms with van der Waals surface area (Å²) in [6.45, 7) is -0.455. The fourth-order valence-corrected chi connectivity index (χ4v) is 2.10. The molecule has 1 saturated heterocycles. The Morgan fingerprint density at radius 3 is 2.75 bits per heavy atom. The first kappa shape index (κ1) is 15.1. The van der Waals surface area contributed by atoms with Gasteiger partial charge in [0.1, 0.15) is 30.2 Å². The maximum atomic E-state index is 13.0. The fraction of sp³-hybridized carbons (Fsp3) is 0.583. The molecule has 0 saturated carbocycles. The molecule has 20 heavy (non-hydrogen) atoms. The summed E-state index contributed by atoms with van der Waals surface area (Å²) >= 11 is 0. The number of aromatic nitrogens is 1. The van der Waals surface area contributed by atoms with Gasteiger partial charge in [-0.2, -0.15) is 4.39 Å². The predicted molar refractivity (Wildman–Crippen MR) is 66.4 cm³/mol. The van der Waals surface area contributed by atoms with Gasteiger partial charge in [-0.25, -0.2) is 4.98 Å². The van der Waals surface area contributed by atoms with Gasteiger partial charge in [0, 0.05) is 7.11 Å². The van der Waals surface area contributed by atoms with Crippen LogP contribution in [-0.4, -0.2) is 64.7 Å². The van der Waals surface area contributed by atoms with Crippen molar-refractivity contribution in [3.8, 4) is 0 Å². The minimum Gasteiger partial charge on any atom is -0.394 e. The molecule has 0 bridgehead atoms. The SMILES string of the molecule is CO[C@H]1O[C@H](CO)[C@H](O)[C@H](O)[C@H]1Nc1cccc(F)n1. The topological polar surface area (TPSA) is 104 Å². The van der Waals surface area contributed by atoms with Crippen LogP contribution in [0.15, 0.2) is 18.2 Å². The zero-order chi connectivity index (χ0) is 14.7. The lowest BCUT2D eigenvalue weighted by atomic mass is 9.97. The first-order chi connectivity index (χ1) is 9.56. The van der Waals surface area contributed by atoms with Gasteiger partial charge in [-0.3, -0.25) is 0 Å². The first-order valence-electron chi connectivity index (χ1n) is 6.11. The van der Waals surface area contributed by atoms with Gasteiger partial charge in [0.2, 0.25) is 5.95 Å². The number of aliphatic hydroxyl groups is 3. The highest BCUT2D eigenvalue weighted by Crippen LogP contribution is 2.24. The van der Waals surface area contributed by atoms with Crippen LogP contribution in [0.2, 0.25) is 0 Å². The lowest BCUT2D eigenvalue weighted by molar-refractivity contribution is -0.254. The van der Waals surface area contributed by atoms with Crippen LogP contribution >= 0.6 is 0 Å². The summed E-state index contributed by atoms with van der Waals surface area (Å²) in [7, 11) is 1.36. The van der Waals surface area contributed by atoms with Gasteiger partial charge in [-0.15, -0.1) is 0 Å². The molecule has 1 aliphatic heterocycles. The zero-order valence-electron chi connectivity index (χ0n) is 10.8. The summed E-state index contributed by atoms with van der Waals surface area (Å²) in [6.07, 6.45) is -4.43. The van der Waals surface area contributed by atoms with Gasteiger partial charge in [-0.05, 0) is 12.1 Å². The van der Waals surface area contributed by atoms with E-state index in [1.54, 1.807) is 0 Å². The lowest BCUT2D eigenvalue weighted by Crippen LogP contribution is -2.61. The van der Waals surface area contributed by atoms with E-state index in [4.69, 9.17) is 14.6 Å². The third-order valence-corrected chi connectivity index (χ3v) is 3.14. The number of aliphatic hydroxyl groups excluding tert-OH is 3. The summed E-state index contributed by atoms with van der Waals surface area (Å²) in [4.78, 5) is 3.60. The highest BCUT2D eigenvalue weighted by atomic mass is 19.1. The Balaban J connectivity index is 2.15. The summed E-state index contributed by atoms with van der Waals surface area (Å²) in [6, 6.07) is 3.29. The average molecular weight is 288 g/mol. The third-order valence-electron chi connectivity index (χ3n) is 3.14. The van der Waals surface area contributed by atoms with Crippen LogP contribution in [0.1, 0.15) is 0 Å².